The van der Waals surface area contributed by atoms with Crippen molar-refractivity contribution >= 4 is 11.7 Å². The number of hydrogen-bond acceptors (Lipinski definition) is 6. The number of nitrogens with zero attached hydrogens (tertiary/aromatic N) is 3. The van der Waals surface area contributed by atoms with Crippen LogP contribution in [0, 0.1) is 11.6 Å². The number of fused-ring (bicyclic) bond motifs is 1. The highest BCUT2D eigenvalue weighted by molar-refractivity contribution is 5.99. The van der Waals surface area contributed by atoms with Crippen LogP contribution in [0.2, 0.25) is 0 Å². The molecule has 0 saturated carbocycles. The molecular formula is C25H23F5N4O3. The van der Waals surface area contributed by atoms with Crippen molar-refractivity contribution in [1.29, 1.82) is 0 Å². The number of nitrogens with one attached hydrogen (secondary N) is 1. The molecule has 7 nitrogen and oxygen atoms in total. The number of hydrogen-bond donors (Lipinski definition) is 1. The van der Waals surface area contributed by atoms with Gasteiger partial charge in [-0.15, -0.1) is 0 Å². The summed E-state index contributed by atoms with van der Waals surface area (Å²) in [5, 5.41) is 3.02. The van der Waals surface area contributed by atoms with Crippen LogP contribution >= 0.6 is 0 Å². The number of benzene rings is 1. The number of aromatic nitrogens is 2. The normalized spacial score (nSPS) is 14.1. The van der Waals surface area contributed by atoms with Gasteiger partial charge in [0.05, 0.1) is 18.8 Å². The lowest BCUT2D eigenvalue weighted by atomic mass is 9.99. The van der Waals surface area contributed by atoms with E-state index in [1.807, 2.05) is 6.92 Å². The van der Waals surface area contributed by atoms with Gasteiger partial charge in [0.15, 0.2) is 6.79 Å². The van der Waals surface area contributed by atoms with E-state index in [0.717, 1.165) is 18.3 Å². The molecule has 0 bridgehead atoms. The van der Waals surface area contributed by atoms with Crippen molar-refractivity contribution in [2.45, 2.75) is 32.6 Å². The minimum Gasteiger partial charge on any atom is -0.465 e. The maximum Gasteiger partial charge on any atom is 0.433 e. The molecule has 1 atom stereocenters. The zero-order chi connectivity index (χ0) is 26.9. The van der Waals surface area contributed by atoms with Gasteiger partial charge in [0.1, 0.15) is 28.9 Å². The molecule has 196 valence electrons. The molecule has 1 aliphatic rings. The van der Waals surface area contributed by atoms with Crippen molar-refractivity contribution in [3.8, 4) is 16.9 Å². The molecule has 1 amide bonds. The Hall–Kier alpha value is -3.80. The van der Waals surface area contributed by atoms with Gasteiger partial charge in [-0.05, 0) is 38.1 Å². The van der Waals surface area contributed by atoms with Crippen LogP contribution in [0.25, 0.3) is 11.1 Å². The Labute approximate surface area is 209 Å². The number of alkyl halides is 3. The van der Waals surface area contributed by atoms with Gasteiger partial charge in [-0.25, -0.2) is 18.7 Å². The molecule has 12 heteroatoms. The Morgan fingerprint density at radius 3 is 2.54 bits per heavy atom. The number of ether oxygens (including phenoxy) is 2. The second-order valence-corrected chi connectivity index (χ2v) is 8.34. The first kappa shape index (κ1) is 26.3. The van der Waals surface area contributed by atoms with Crippen molar-refractivity contribution in [3.63, 3.8) is 0 Å². The predicted molar refractivity (Wildman–Crippen MR) is 124 cm³/mol. The lowest BCUT2D eigenvalue weighted by Crippen LogP contribution is -2.22. The summed E-state index contributed by atoms with van der Waals surface area (Å²) in [7, 11) is 1.30. The second-order valence-electron chi connectivity index (χ2n) is 8.34. The van der Waals surface area contributed by atoms with E-state index in [9.17, 15) is 18.0 Å². The fourth-order valence-electron chi connectivity index (χ4n) is 4.09. The molecule has 3 aromatic rings. The summed E-state index contributed by atoms with van der Waals surface area (Å²) in [6.07, 6.45) is -2.57. The summed E-state index contributed by atoms with van der Waals surface area (Å²) in [4.78, 5) is 21.7. The van der Waals surface area contributed by atoms with E-state index >= 15 is 8.78 Å². The number of methoxy groups -OCH3 is 1. The Morgan fingerprint density at radius 2 is 1.86 bits per heavy atom. The van der Waals surface area contributed by atoms with Gasteiger partial charge in [0, 0.05) is 47.7 Å². The van der Waals surface area contributed by atoms with E-state index < -0.39 is 35.1 Å². The Kier molecular flexibility index (Phi) is 7.30. The molecule has 0 unspecified atom stereocenters. The van der Waals surface area contributed by atoms with Gasteiger partial charge in [0.2, 0.25) is 0 Å². The first-order valence-electron chi connectivity index (χ1n) is 11.3. The average molecular weight is 522 g/mol. The summed E-state index contributed by atoms with van der Waals surface area (Å²) < 4.78 is 80.3. The molecule has 4 rings (SSSR count). The van der Waals surface area contributed by atoms with E-state index in [2.05, 4.69) is 15.3 Å². The number of anilines is 1. The number of amides is 1. The minimum absolute atomic E-state index is 0.0817. The van der Waals surface area contributed by atoms with Gasteiger partial charge < -0.3 is 19.7 Å². The number of pyridine rings is 2. The van der Waals surface area contributed by atoms with Crippen molar-refractivity contribution in [2.24, 2.45) is 0 Å². The third kappa shape index (κ3) is 5.19. The minimum atomic E-state index is -4.81. The summed E-state index contributed by atoms with van der Waals surface area (Å²) in [5.74, 6) is -1.82. The van der Waals surface area contributed by atoms with E-state index in [0.29, 0.717) is 36.1 Å². The largest absolute Gasteiger partial charge is 0.465 e. The number of carbonyl (C=O) groups excluding carboxylic acids is 1. The van der Waals surface area contributed by atoms with Crippen LogP contribution in [-0.2, 0) is 17.5 Å². The first-order chi connectivity index (χ1) is 17.5. The molecule has 0 saturated heterocycles. The maximum atomic E-state index is 15.3. The lowest BCUT2D eigenvalue weighted by Gasteiger charge is -2.19. The Balaban J connectivity index is 1.68. The number of rotatable bonds is 8. The summed E-state index contributed by atoms with van der Waals surface area (Å²) in [5.41, 5.74) is -1.00. The van der Waals surface area contributed by atoms with Crippen molar-refractivity contribution in [2.75, 3.05) is 25.8 Å². The van der Waals surface area contributed by atoms with Crippen LogP contribution in [-0.4, -0.2) is 41.2 Å². The van der Waals surface area contributed by atoms with Crippen molar-refractivity contribution in [3.05, 3.63) is 70.7 Å². The lowest BCUT2D eigenvalue weighted by molar-refractivity contribution is -0.141. The topological polar surface area (TPSA) is 76.6 Å². The average Bonchev–Trinajstić information content (AvgIpc) is 3.19. The number of carbonyl (C=O) groups is 1. The Morgan fingerprint density at radius 1 is 1.11 bits per heavy atom. The third-order valence-electron chi connectivity index (χ3n) is 5.99. The van der Waals surface area contributed by atoms with E-state index in [-0.39, 0.29) is 29.6 Å². The van der Waals surface area contributed by atoms with E-state index in [4.69, 9.17) is 9.47 Å². The molecule has 2 aromatic heterocycles. The molecule has 37 heavy (non-hydrogen) atoms. The van der Waals surface area contributed by atoms with Gasteiger partial charge in [-0.3, -0.25) is 4.79 Å². The standard InChI is InChI=1S/C25H23F5N4O3/c1-4-34-11-18-14(24(34)35)5-6-31-23(18)33-13(2)15-7-20(27)16(8-19(15)26)17-9-22(25(28,29)30)32-10-21(17)37-12-36-3/h5-10,13H,4,11-12H2,1-3H3,(H,31,33)/t13-/m0/s1. The van der Waals surface area contributed by atoms with Gasteiger partial charge in [-0.2, -0.15) is 13.2 Å². The highest BCUT2D eigenvalue weighted by Crippen LogP contribution is 2.38. The van der Waals surface area contributed by atoms with Gasteiger partial charge in [0.25, 0.3) is 5.91 Å². The second kappa shape index (κ2) is 10.3. The van der Waals surface area contributed by atoms with Gasteiger partial charge in [-0.1, -0.05) is 0 Å². The van der Waals surface area contributed by atoms with Crippen LogP contribution in [0.15, 0.2) is 36.7 Å². The van der Waals surface area contributed by atoms with Crippen LogP contribution in [0.3, 0.4) is 0 Å². The van der Waals surface area contributed by atoms with Crippen LogP contribution in [0.4, 0.5) is 27.8 Å². The zero-order valence-electron chi connectivity index (χ0n) is 20.1. The van der Waals surface area contributed by atoms with Crippen molar-refractivity contribution < 1.29 is 36.2 Å². The van der Waals surface area contributed by atoms with Crippen molar-refractivity contribution in [1.82, 2.24) is 14.9 Å². The molecule has 0 radical (unpaired) electrons. The summed E-state index contributed by atoms with van der Waals surface area (Å²) >= 11 is 0. The van der Waals surface area contributed by atoms with E-state index in [1.54, 1.807) is 17.9 Å². The van der Waals surface area contributed by atoms with Crippen LogP contribution in [0.1, 0.15) is 47.1 Å². The van der Waals surface area contributed by atoms with E-state index in [1.165, 1.54) is 13.3 Å². The quantitative estimate of drug-likeness (QED) is 0.308. The maximum absolute atomic E-state index is 15.3. The number of halogens is 5. The molecule has 1 N–H and O–H groups in total. The smallest absolute Gasteiger partial charge is 0.433 e. The molecular weight excluding hydrogens is 499 g/mol. The summed E-state index contributed by atoms with van der Waals surface area (Å²) in [6.45, 7) is 3.92. The molecule has 1 aromatic carbocycles. The first-order valence-corrected chi connectivity index (χ1v) is 11.3. The van der Waals surface area contributed by atoms with Crippen LogP contribution < -0.4 is 10.1 Å². The predicted octanol–water partition coefficient (Wildman–Crippen LogP) is 5.57. The molecule has 1 aliphatic heterocycles. The monoisotopic (exact) mass is 522 g/mol. The van der Waals surface area contributed by atoms with Gasteiger partial charge >= 0.3 is 6.18 Å². The third-order valence-corrected chi connectivity index (χ3v) is 5.99. The molecule has 3 heterocycles. The highest BCUT2D eigenvalue weighted by atomic mass is 19.4. The highest BCUT2D eigenvalue weighted by Gasteiger charge is 2.34. The fourth-order valence-corrected chi connectivity index (χ4v) is 4.09. The molecule has 0 spiro atoms. The SMILES string of the molecule is CCN1Cc2c(ccnc2N[C@@H](C)c2cc(F)c(-c3cc(C(F)(F)F)ncc3OCOC)cc2F)C1=O. The zero-order valence-corrected chi connectivity index (χ0v) is 20.1. The van der Waals surface area contributed by atoms with Crippen LogP contribution in [0.5, 0.6) is 5.75 Å². The summed E-state index contributed by atoms with van der Waals surface area (Å²) in [6, 6.07) is 3.12. The fraction of sp³-hybridized carbons (Fsp3) is 0.320. The Bertz CT molecular complexity index is 1330. The molecule has 0 fully saturated rings. The molecule has 0 aliphatic carbocycles.